The lowest BCUT2D eigenvalue weighted by Crippen LogP contribution is -2.37. The predicted octanol–water partition coefficient (Wildman–Crippen LogP) is 1.07. The Labute approximate surface area is 147 Å². The summed E-state index contributed by atoms with van der Waals surface area (Å²) in [7, 11) is 1.60. The zero-order chi connectivity index (χ0) is 17.6. The van der Waals surface area contributed by atoms with Gasteiger partial charge in [-0.15, -0.1) is 0 Å². The number of amides is 1. The number of para-hydroxylation sites is 1. The van der Waals surface area contributed by atoms with Crippen LogP contribution in [0.2, 0.25) is 0 Å². The second kappa shape index (κ2) is 8.11. The number of nitrogens with one attached hydrogen (secondary N) is 2. The van der Waals surface area contributed by atoms with Crippen molar-refractivity contribution in [2.24, 2.45) is 0 Å². The summed E-state index contributed by atoms with van der Waals surface area (Å²) in [4.78, 5) is 15.9. The van der Waals surface area contributed by atoms with Gasteiger partial charge in [0, 0.05) is 38.0 Å². The molecule has 0 unspecified atom stereocenters. The van der Waals surface area contributed by atoms with Crippen molar-refractivity contribution < 1.29 is 9.53 Å². The first-order chi connectivity index (χ1) is 12.2. The first-order valence-electron chi connectivity index (χ1n) is 8.76. The third kappa shape index (κ3) is 4.36. The van der Waals surface area contributed by atoms with Gasteiger partial charge in [-0.3, -0.25) is 4.79 Å². The fourth-order valence-corrected chi connectivity index (χ4v) is 2.94. The molecule has 0 bridgehead atoms. The number of fused-ring (bicyclic) bond motifs is 1. The van der Waals surface area contributed by atoms with E-state index in [1.807, 2.05) is 28.9 Å². The number of ether oxygens (including phenoxy) is 1. The maximum atomic E-state index is 11.4. The number of aryl methyl sites for hydroxylation is 2. The molecule has 1 atom stereocenters. The van der Waals surface area contributed by atoms with Gasteiger partial charge in [0.25, 0.3) is 5.91 Å². The lowest BCUT2D eigenvalue weighted by Gasteiger charge is -2.24. The van der Waals surface area contributed by atoms with E-state index in [1.54, 1.807) is 7.05 Å². The highest BCUT2D eigenvalue weighted by molar-refractivity contribution is 5.77. The first-order valence-corrected chi connectivity index (χ1v) is 8.76. The van der Waals surface area contributed by atoms with Gasteiger partial charge in [0.05, 0.1) is 6.54 Å². The quantitative estimate of drug-likeness (QED) is 0.786. The summed E-state index contributed by atoms with van der Waals surface area (Å²) < 4.78 is 7.65. The first kappa shape index (κ1) is 17.4. The number of aromatic nitrogens is 3. The van der Waals surface area contributed by atoms with Gasteiger partial charge in [-0.1, -0.05) is 25.1 Å². The van der Waals surface area contributed by atoms with Crippen LogP contribution in [0.1, 0.15) is 30.6 Å². The Balaban J connectivity index is 1.58. The van der Waals surface area contributed by atoms with Crippen LogP contribution < -0.4 is 15.4 Å². The number of nitrogens with zero attached hydrogens (tertiary/aromatic N) is 3. The average molecular weight is 343 g/mol. The Hall–Kier alpha value is -2.41. The summed E-state index contributed by atoms with van der Waals surface area (Å²) in [6, 6.07) is 8.16. The third-order valence-corrected chi connectivity index (χ3v) is 4.41. The predicted molar refractivity (Wildman–Crippen MR) is 94.4 cm³/mol. The van der Waals surface area contributed by atoms with E-state index in [1.165, 1.54) is 0 Å². The van der Waals surface area contributed by atoms with E-state index in [0.717, 1.165) is 48.8 Å². The van der Waals surface area contributed by atoms with Crippen molar-refractivity contribution in [2.75, 3.05) is 13.7 Å². The van der Waals surface area contributed by atoms with E-state index < -0.39 is 0 Å². The van der Waals surface area contributed by atoms with Gasteiger partial charge in [-0.25, -0.2) is 9.67 Å². The molecule has 2 N–H and O–H groups in total. The van der Waals surface area contributed by atoms with Gasteiger partial charge in [-0.2, -0.15) is 5.10 Å². The maximum Gasteiger partial charge on any atom is 0.257 e. The standard InChI is InChI=1S/C18H25N5O2/c1-3-16-21-17-9-8-14(11-23(17)22-16)20-10-13-6-4-5-7-15(13)25-12-18(24)19-2/h4-7,14,20H,3,8-12H2,1-2H3,(H,19,24)/t14-/m1/s1. The minimum atomic E-state index is -0.138. The SMILES string of the molecule is CCc1nc2n(n1)C[C@H](NCc1ccccc1OCC(=O)NC)CC2. The van der Waals surface area contributed by atoms with Crippen LogP contribution >= 0.6 is 0 Å². The summed E-state index contributed by atoms with van der Waals surface area (Å²) in [5.41, 5.74) is 1.05. The number of likely N-dealkylation sites (N-methyl/N-ethyl adjacent to an activating group) is 1. The molecule has 1 aliphatic heterocycles. The van der Waals surface area contributed by atoms with Crippen LogP contribution in [0.15, 0.2) is 24.3 Å². The minimum Gasteiger partial charge on any atom is -0.483 e. The Kier molecular flexibility index (Phi) is 5.65. The summed E-state index contributed by atoms with van der Waals surface area (Å²) >= 11 is 0. The fraction of sp³-hybridized carbons (Fsp3) is 0.500. The smallest absolute Gasteiger partial charge is 0.257 e. The highest BCUT2D eigenvalue weighted by atomic mass is 16.5. The van der Waals surface area contributed by atoms with Crippen LogP contribution in [0.5, 0.6) is 5.75 Å². The monoisotopic (exact) mass is 343 g/mol. The molecule has 1 aliphatic rings. The van der Waals surface area contributed by atoms with Crippen molar-refractivity contribution >= 4 is 5.91 Å². The van der Waals surface area contributed by atoms with Crippen LogP contribution in [0.3, 0.4) is 0 Å². The van der Waals surface area contributed by atoms with Crippen molar-refractivity contribution in [3.05, 3.63) is 41.5 Å². The molecule has 0 saturated carbocycles. The topological polar surface area (TPSA) is 81.1 Å². The van der Waals surface area contributed by atoms with Crippen molar-refractivity contribution in [1.82, 2.24) is 25.4 Å². The van der Waals surface area contributed by atoms with E-state index in [9.17, 15) is 4.79 Å². The van der Waals surface area contributed by atoms with E-state index >= 15 is 0 Å². The third-order valence-electron chi connectivity index (χ3n) is 4.41. The van der Waals surface area contributed by atoms with E-state index in [0.29, 0.717) is 12.6 Å². The van der Waals surface area contributed by atoms with Crippen molar-refractivity contribution in [2.45, 2.75) is 45.3 Å². The maximum absolute atomic E-state index is 11.4. The summed E-state index contributed by atoms with van der Waals surface area (Å²) in [6.45, 7) is 3.63. The molecule has 0 aliphatic carbocycles. The van der Waals surface area contributed by atoms with E-state index in [-0.39, 0.29) is 12.5 Å². The number of benzene rings is 1. The average Bonchev–Trinajstić information content (AvgIpc) is 3.07. The van der Waals surface area contributed by atoms with Crippen molar-refractivity contribution in [3.63, 3.8) is 0 Å². The Morgan fingerprint density at radius 2 is 2.24 bits per heavy atom. The molecule has 0 radical (unpaired) electrons. The van der Waals surface area contributed by atoms with Gasteiger partial charge in [0.15, 0.2) is 12.4 Å². The van der Waals surface area contributed by atoms with Crippen LogP contribution in [-0.4, -0.2) is 40.4 Å². The lowest BCUT2D eigenvalue weighted by molar-refractivity contribution is -0.122. The van der Waals surface area contributed by atoms with Gasteiger partial charge >= 0.3 is 0 Å². The van der Waals surface area contributed by atoms with Crippen LogP contribution in [0.25, 0.3) is 0 Å². The van der Waals surface area contributed by atoms with Gasteiger partial charge in [0.1, 0.15) is 11.6 Å². The molecule has 1 aromatic carbocycles. The summed E-state index contributed by atoms with van der Waals surface area (Å²) in [6.07, 6.45) is 2.86. The molecule has 1 aromatic heterocycles. The molecule has 7 heteroatoms. The zero-order valence-corrected chi connectivity index (χ0v) is 14.8. The fourth-order valence-electron chi connectivity index (χ4n) is 2.94. The van der Waals surface area contributed by atoms with Gasteiger partial charge in [-0.05, 0) is 12.5 Å². The van der Waals surface area contributed by atoms with Crippen LogP contribution in [-0.2, 0) is 30.7 Å². The molecule has 134 valence electrons. The molecule has 0 saturated heterocycles. The lowest BCUT2D eigenvalue weighted by atomic mass is 10.1. The number of carbonyl (C=O) groups is 1. The van der Waals surface area contributed by atoms with Crippen molar-refractivity contribution in [3.8, 4) is 5.75 Å². The molecule has 25 heavy (non-hydrogen) atoms. The minimum absolute atomic E-state index is 0.0268. The summed E-state index contributed by atoms with van der Waals surface area (Å²) in [5, 5.41) is 10.7. The summed E-state index contributed by atoms with van der Waals surface area (Å²) in [5.74, 6) is 2.61. The Morgan fingerprint density at radius 1 is 1.40 bits per heavy atom. The molecular formula is C18H25N5O2. The largest absolute Gasteiger partial charge is 0.483 e. The van der Waals surface area contributed by atoms with E-state index in [4.69, 9.17) is 4.74 Å². The highest BCUT2D eigenvalue weighted by Gasteiger charge is 2.21. The van der Waals surface area contributed by atoms with Crippen LogP contribution in [0, 0.1) is 0 Å². The van der Waals surface area contributed by atoms with E-state index in [2.05, 4.69) is 27.6 Å². The second-order valence-electron chi connectivity index (χ2n) is 6.17. The molecule has 2 heterocycles. The number of carbonyl (C=O) groups excluding carboxylic acids is 1. The number of hydrogen-bond donors (Lipinski definition) is 2. The molecule has 0 spiro atoms. The second-order valence-corrected chi connectivity index (χ2v) is 6.17. The molecule has 0 fully saturated rings. The van der Waals surface area contributed by atoms with Crippen LogP contribution in [0.4, 0.5) is 0 Å². The molecular weight excluding hydrogens is 318 g/mol. The molecule has 2 aromatic rings. The number of rotatable bonds is 7. The van der Waals surface area contributed by atoms with Gasteiger partial charge < -0.3 is 15.4 Å². The molecule has 3 rings (SSSR count). The number of hydrogen-bond acceptors (Lipinski definition) is 5. The zero-order valence-electron chi connectivity index (χ0n) is 14.8. The molecule has 7 nitrogen and oxygen atoms in total. The Morgan fingerprint density at radius 3 is 3.04 bits per heavy atom. The highest BCUT2D eigenvalue weighted by Crippen LogP contribution is 2.19. The Bertz CT molecular complexity index is 728. The van der Waals surface area contributed by atoms with Gasteiger partial charge in [0.2, 0.25) is 0 Å². The van der Waals surface area contributed by atoms with Crippen molar-refractivity contribution in [1.29, 1.82) is 0 Å². The molecule has 1 amide bonds. The normalized spacial score (nSPS) is 16.3.